The van der Waals surface area contributed by atoms with E-state index in [-0.39, 0.29) is 34.1 Å². The van der Waals surface area contributed by atoms with Crippen LogP contribution in [0.4, 0.5) is 0 Å². The van der Waals surface area contributed by atoms with Crippen LogP contribution in [0.1, 0.15) is 25.0 Å². The second kappa shape index (κ2) is 5.53. The van der Waals surface area contributed by atoms with Crippen molar-refractivity contribution in [3.8, 4) is 0 Å². The van der Waals surface area contributed by atoms with Gasteiger partial charge in [-0.05, 0) is 35.2 Å². The molecule has 1 aromatic heterocycles. The lowest BCUT2D eigenvalue weighted by Crippen LogP contribution is -2.49. The maximum absolute atomic E-state index is 12.1. The molecule has 6 nitrogen and oxygen atoms in total. The first-order valence-electron chi connectivity index (χ1n) is 5.86. The van der Waals surface area contributed by atoms with Crippen LogP contribution in [0.2, 0.25) is 0 Å². The number of furan rings is 1. The second-order valence-electron chi connectivity index (χ2n) is 4.57. The van der Waals surface area contributed by atoms with Crippen molar-refractivity contribution in [3.63, 3.8) is 0 Å². The van der Waals surface area contributed by atoms with E-state index < -0.39 is 10.0 Å². The Labute approximate surface area is 120 Å². The van der Waals surface area contributed by atoms with Gasteiger partial charge in [0.1, 0.15) is 17.3 Å². The van der Waals surface area contributed by atoms with Gasteiger partial charge in [-0.2, -0.15) is 0 Å². The Kier molecular flexibility index (Phi) is 4.36. The third kappa shape index (κ3) is 3.03. The lowest BCUT2D eigenvalue weighted by Gasteiger charge is -2.40. The van der Waals surface area contributed by atoms with E-state index in [1.807, 2.05) is 0 Å². The number of aliphatic hydroxyl groups is 1. The first-order valence-corrected chi connectivity index (χ1v) is 8.14. The van der Waals surface area contributed by atoms with Gasteiger partial charge in [-0.1, -0.05) is 0 Å². The fraction of sp³-hybridized carbons (Fsp3) is 0.636. The van der Waals surface area contributed by atoms with Gasteiger partial charge in [0, 0.05) is 19.7 Å². The van der Waals surface area contributed by atoms with Crippen molar-refractivity contribution >= 4 is 26.0 Å². The Morgan fingerprint density at radius 2 is 2.26 bits per heavy atom. The van der Waals surface area contributed by atoms with Crippen molar-refractivity contribution in [2.75, 3.05) is 13.7 Å². The van der Waals surface area contributed by atoms with E-state index in [4.69, 9.17) is 14.3 Å². The van der Waals surface area contributed by atoms with Crippen LogP contribution in [0, 0.1) is 0 Å². The number of hydrogen-bond donors (Lipinski definition) is 2. The number of rotatable bonds is 6. The molecule has 0 spiro atoms. The Balaban J connectivity index is 2.11. The van der Waals surface area contributed by atoms with E-state index >= 15 is 0 Å². The maximum atomic E-state index is 12.1. The minimum Gasteiger partial charge on any atom is -0.450 e. The summed E-state index contributed by atoms with van der Waals surface area (Å²) in [6.07, 6.45) is 2.74. The fourth-order valence-corrected chi connectivity index (χ4v) is 4.10. The highest BCUT2D eigenvalue weighted by Gasteiger charge is 2.38. The second-order valence-corrected chi connectivity index (χ2v) is 7.03. The smallest absolute Gasteiger partial charge is 0.245 e. The molecule has 2 rings (SSSR count). The van der Waals surface area contributed by atoms with Gasteiger partial charge in [-0.25, -0.2) is 13.1 Å². The zero-order valence-corrected chi connectivity index (χ0v) is 12.9. The average Bonchev–Trinajstić information content (AvgIpc) is 2.70. The molecule has 0 bridgehead atoms. The quantitative estimate of drug-likeness (QED) is 0.806. The van der Waals surface area contributed by atoms with E-state index in [0.29, 0.717) is 0 Å². The van der Waals surface area contributed by atoms with Crippen LogP contribution in [0.3, 0.4) is 0 Å². The number of ether oxygens (including phenoxy) is 1. The number of nitrogens with one attached hydrogen (secondary N) is 1. The molecule has 0 aliphatic heterocycles. The summed E-state index contributed by atoms with van der Waals surface area (Å²) < 4.78 is 37.3. The fourth-order valence-electron chi connectivity index (χ4n) is 1.99. The third-order valence-electron chi connectivity index (χ3n) is 3.43. The number of sulfonamides is 1. The molecule has 108 valence electrons. The summed E-state index contributed by atoms with van der Waals surface area (Å²) in [6.45, 7) is -0.117. The summed E-state index contributed by atoms with van der Waals surface area (Å²) in [4.78, 5) is -0.0119. The SMILES string of the molecule is COC1(CNS(=O)(=O)c2cc(CO)oc2Br)CCC1. The van der Waals surface area contributed by atoms with Crippen molar-refractivity contribution < 1.29 is 22.7 Å². The minimum absolute atomic E-state index is 0.0119. The van der Waals surface area contributed by atoms with E-state index in [0.717, 1.165) is 19.3 Å². The van der Waals surface area contributed by atoms with Gasteiger partial charge in [0.05, 0.1) is 5.60 Å². The molecule has 0 aromatic carbocycles. The first-order chi connectivity index (χ1) is 8.92. The largest absolute Gasteiger partial charge is 0.450 e. The summed E-state index contributed by atoms with van der Waals surface area (Å²) in [5.74, 6) is 0.192. The molecule has 1 heterocycles. The Hall–Kier alpha value is -0.410. The molecule has 1 fully saturated rings. The van der Waals surface area contributed by atoms with Crippen LogP contribution in [0.5, 0.6) is 0 Å². The Morgan fingerprint density at radius 1 is 1.58 bits per heavy atom. The van der Waals surface area contributed by atoms with Crippen LogP contribution in [0.15, 0.2) is 20.0 Å². The zero-order valence-electron chi connectivity index (χ0n) is 10.5. The number of hydrogen-bond acceptors (Lipinski definition) is 5. The Morgan fingerprint density at radius 3 is 2.68 bits per heavy atom. The topological polar surface area (TPSA) is 88.8 Å². The maximum Gasteiger partial charge on any atom is 0.245 e. The summed E-state index contributed by atoms with van der Waals surface area (Å²) in [5.41, 5.74) is -0.386. The van der Waals surface area contributed by atoms with Crippen LogP contribution in [0.25, 0.3) is 0 Å². The molecule has 1 aromatic rings. The lowest BCUT2D eigenvalue weighted by molar-refractivity contribution is -0.0659. The van der Waals surface area contributed by atoms with Crippen LogP contribution < -0.4 is 4.72 Å². The van der Waals surface area contributed by atoms with E-state index in [9.17, 15) is 8.42 Å². The molecule has 8 heteroatoms. The van der Waals surface area contributed by atoms with Gasteiger partial charge in [-0.3, -0.25) is 0 Å². The number of aliphatic hydroxyl groups excluding tert-OH is 1. The Bertz CT molecular complexity index is 544. The van der Waals surface area contributed by atoms with Crippen molar-refractivity contribution in [1.82, 2.24) is 4.72 Å². The standard InChI is InChI=1S/C11H16BrNO5S/c1-17-11(3-2-4-11)7-13-19(15,16)9-5-8(6-14)18-10(9)12/h5,13-14H,2-4,6-7H2,1H3. The normalized spacial score (nSPS) is 18.3. The molecule has 1 aliphatic rings. The molecule has 2 N–H and O–H groups in total. The molecule has 0 unspecified atom stereocenters. The molecule has 0 amide bonds. The molecule has 1 saturated carbocycles. The molecule has 0 atom stereocenters. The van der Waals surface area contributed by atoms with Crippen LogP contribution >= 0.6 is 15.9 Å². The van der Waals surface area contributed by atoms with Crippen molar-refractivity contribution in [3.05, 3.63) is 16.5 Å². The monoisotopic (exact) mass is 353 g/mol. The van der Waals surface area contributed by atoms with Gasteiger partial charge >= 0.3 is 0 Å². The van der Waals surface area contributed by atoms with E-state index in [1.165, 1.54) is 6.07 Å². The molecular weight excluding hydrogens is 338 g/mol. The van der Waals surface area contributed by atoms with E-state index in [2.05, 4.69) is 20.7 Å². The highest BCUT2D eigenvalue weighted by molar-refractivity contribution is 9.10. The van der Waals surface area contributed by atoms with Gasteiger partial charge in [0.25, 0.3) is 0 Å². The highest BCUT2D eigenvalue weighted by Crippen LogP contribution is 2.35. The van der Waals surface area contributed by atoms with Gasteiger partial charge in [0.15, 0.2) is 4.67 Å². The molecule has 0 saturated heterocycles. The van der Waals surface area contributed by atoms with Crippen molar-refractivity contribution in [2.45, 2.75) is 36.4 Å². The molecule has 1 aliphatic carbocycles. The predicted molar refractivity (Wildman–Crippen MR) is 71.1 cm³/mol. The third-order valence-corrected chi connectivity index (χ3v) is 5.69. The first kappa shape index (κ1) is 15.0. The van der Waals surface area contributed by atoms with Crippen LogP contribution in [-0.2, 0) is 21.4 Å². The van der Waals surface area contributed by atoms with Crippen molar-refractivity contribution in [1.29, 1.82) is 0 Å². The zero-order chi connectivity index (χ0) is 14.1. The summed E-state index contributed by atoms with van der Waals surface area (Å²) in [6, 6.07) is 1.30. The van der Waals surface area contributed by atoms with Gasteiger partial charge in [0.2, 0.25) is 10.0 Å². The van der Waals surface area contributed by atoms with Crippen molar-refractivity contribution in [2.24, 2.45) is 0 Å². The molecule has 0 radical (unpaired) electrons. The summed E-state index contributed by atoms with van der Waals surface area (Å²) in [5, 5.41) is 8.94. The molecular formula is C11H16BrNO5S. The predicted octanol–water partition coefficient (Wildman–Crippen LogP) is 1.38. The lowest BCUT2D eigenvalue weighted by atomic mass is 9.80. The number of methoxy groups -OCH3 is 1. The highest BCUT2D eigenvalue weighted by atomic mass is 79.9. The minimum atomic E-state index is -3.68. The summed E-state index contributed by atoms with van der Waals surface area (Å²) >= 11 is 3.03. The van der Waals surface area contributed by atoms with Gasteiger partial charge < -0.3 is 14.3 Å². The van der Waals surface area contributed by atoms with Crippen LogP contribution in [-0.4, -0.2) is 32.8 Å². The number of halogens is 1. The molecule has 19 heavy (non-hydrogen) atoms. The van der Waals surface area contributed by atoms with E-state index in [1.54, 1.807) is 7.11 Å². The average molecular weight is 354 g/mol. The summed E-state index contributed by atoms with van der Waals surface area (Å²) in [7, 11) is -2.09. The van der Waals surface area contributed by atoms with Gasteiger partial charge in [-0.15, -0.1) is 0 Å².